The number of hydrogen-bond acceptors (Lipinski definition) is 2. The average molecular weight is 192 g/mol. The zero-order chi connectivity index (χ0) is 9.10. The van der Waals surface area contributed by atoms with E-state index in [2.05, 4.69) is 11.4 Å². The third-order valence-corrected chi connectivity index (χ3v) is 3.04. The first kappa shape index (κ1) is 8.70. The Kier molecular flexibility index (Phi) is 2.60. The molecule has 13 heavy (non-hydrogen) atoms. The van der Waals surface area contributed by atoms with Gasteiger partial charge in [0, 0.05) is 6.42 Å². The van der Waals surface area contributed by atoms with Crippen molar-refractivity contribution >= 4 is 23.2 Å². The van der Waals surface area contributed by atoms with Gasteiger partial charge in [0.05, 0.1) is 0 Å². The van der Waals surface area contributed by atoms with Gasteiger partial charge < -0.3 is 0 Å². The maximum absolute atomic E-state index is 11.5. The van der Waals surface area contributed by atoms with Gasteiger partial charge in [-0.15, -0.1) is 0 Å². The van der Waals surface area contributed by atoms with Gasteiger partial charge in [0.15, 0.2) is 5.78 Å². The smallest absolute Gasteiger partial charge is 0.158 e. The zero-order valence-corrected chi connectivity index (χ0v) is 8.27. The van der Waals surface area contributed by atoms with Crippen molar-refractivity contribution in [3.05, 3.63) is 28.0 Å². The number of allylic oxidation sites excluding steroid dienone is 1. The monoisotopic (exact) mass is 192 g/mol. The van der Waals surface area contributed by atoms with Gasteiger partial charge in [0.25, 0.3) is 0 Å². The lowest BCUT2D eigenvalue weighted by Crippen LogP contribution is -2.07. The Hall–Kier alpha value is -0.890. The van der Waals surface area contributed by atoms with Gasteiger partial charge in [0.2, 0.25) is 0 Å². The van der Waals surface area contributed by atoms with E-state index < -0.39 is 0 Å². The Labute approximate surface area is 82.1 Å². The van der Waals surface area contributed by atoms with Crippen LogP contribution in [0.25, 0.3) is 6.08 Å². The van der Waals surface area contributed by atoms with E-state index in [-0.39, 0.29) is 0 Å². The van der Waals surface area contributed by atoms with Crippen LogP contribution in [-0.4, -0.2) is 5.78 Å². The van der Waals surface area contributed by atoms with Crippen LogP contribution < -0.4 is 0 Å². The Morgan fingerprint density at radius 3 is 2.85 bits per heavy atom. The van der Waals surface area contributed by atoms with Gasteiger partial charge in [-0.3, -0.25) is 4.79 Å². The lowest BCUT2D eigenvalue weighted by molar-refractivity contribution is -0.116. The van der Waals surface area contributed by atoms with E-state index in [4.69, 9.17) is 0 Å². The number of ketones is 1. The van der Waals surface area contributed by atoms with Crippen LogP contribution in [0.1, 0.15) is 31.2 Å². The second-order valence-corrected chi connectivity index (χ2v) is 4.14. The van der Waals surface area contributed by atoms with Crippen LogP contribution in [0.5, 0.6) is 0 Å². The maximum atomic E-state index is 11.5. The maximum Gasteiger partial charge on any atom is 0.158 e. The highest BCUT2D eigenvalue weighted by Gasteiger charge is 2.14. The Bertz CT molecular complexity index is 322. The molecule has 0 N–H and O–H groups in total. The molecular weight excluding hydrogens is 180 g/mol. The Morgan fingerprint density at radius 1 is 1.31 bits per heavy atom. The van der Waals surface area contributed by atoms with Crippen LogP contribution in [0.4, 0.5) is 0 Å². The summed E-state index contributed by atoms with van der Waals surface area (Å²) in [6.45, 7) is 0. The normalized spacial score (nSPS) is 20.9. The molecule has 2 rings (SSSR count). The average Bonchev–Trinajstić information content (AvgIpc) is 2.61. The van der Waals surface area contributed by atoms with Crippen molar-refractivity contribution in [2.45, 2.75) is 25.7 Å². The van der Waals surface area contributed by atoms with Crippen LogP contribution in [-0.2, 0) is 4.79 Å². The third kappa shape index (κ3) is 2.07. The van der Waals surface area contributed by atoms with Gasteiger partial charge in [-0.25, -0.2) is 0 Å². The summed E-state index contributed by atoms with van der Waals surface area (Å²) in [4.78, 5) is 11.5. The molecule has 1 nitrogen and oxygen atoms in total. The summed E-state index contributed by atoms with van der Waals surface area (Å²) in [6.07, 6.45) is 5.99. The molecule has 1 aliphatic carbocycles. The molecule has 1 fully saturated rings. The standard InChI is InChI=1S/C11H12OS/c12-11-4-2-1-3-10(11)7-9-5-6-13-8-9/h5-8H,1-4H2/b10-7-. The Morgan fingerprint density at radius 2 is 2.15 bits per heavy atom. The number of thiophene rings is 1. The minimum atomic E-state index is 0.345. The lowest BCUT2D eigenvalue weighted by atomic mass is 9.92. The van der Waals surface area contributed by atoms with Crippen molar-refractivity contribution in [1.82, 2.24) is 0 Å². The molecular formula is C11H12OS. The van der Waals surface area contributed by atoms with Crippen molar-refractivity contribution in [1.29, 1.82) is 0 Å². The summed E-state index contributed by atoms with van der Waals surface area (Å²) >= 11 is 1.67. The zero-order valence-electron chi connectivity index (χ0n) is 7.45. The van der Waals surface area contributed by atoms with Crippen LogP contribution in [0, 0.1) is 0 Å². The molecule has 1 aliphatic rings. The SMILES string of the molecule is O=C1CCCC/C1=C/c1ccsc1. The third-order valence-electron chi connectivity index (χ3n) is 2.34. The first-order valence-electron chi connectivity index (χ1n) is 4.62. The van der Waals surface area contributed by atoms with Crippen molar-refractivity contribution in [3.63, 3.8) is 0 Å². The molecule has 0 aliphatic heterocycles. The van der Waals surface area contributed by atoms with E-state index >= 15 is 0 Å². The summed E-state index contributed by atoms with van der Waals surface area (Å²) < 4.78 is 0. The van der Waals surface area contributed by atoms with E-state index in [1.54, 1.807) is 11.3 Å². The molecule has 0 atom stereocenters. The van der Waals surface area contributed by atoms with Crippen LogP contribution in [0.3, 0.4) is 0 Å². The fourth-order valence-electron chi connectivity index (χ4n) is 1.61. The van der Waals surface area contributed by atoms with Gasteiger partial charge >= 0.3 is 0 Å². The molecule has 0 unspecified atom stereocenters. The van der Waals surface area contributed by atoms with Crippen LogP contribution >= 0.6 is 11.3 Å². The minimum absolute atomic E-state index is 0.345. The van der Waals surface area contributed by atoms with E-state index in [0.717, 1.165) is 24.8 Å². The summed E-state index contributed by atoms with van der Waals surface area (Å²) in [5.41, 5.74) is 2.19. The molecule has 68 valence electrons. The fourth-order valence-corrected chi connectivity index (χ4v) is 2.23. The second-order valence-electron chi connectivity index (χ2n) is 3.36. The second kappa shape index (κ2) is 3.88. The number of carbonyl (C=O) groups is 1. The lowest BCUT2D eigenvalue weighted by Gasteiger charge is -2.11. The number of carbonyl (C=O) groups excluding carboxylic acids is 1. The summed E-state index contributed by atoms with van der Waals surface area (Å²) in [6, 6.07) is 2.06. The largest absolute Gasteiger partial charge is 0.295 e. The number of Topliss-reactive ketones (excluding diaryl/α,β-unsaturated/α-hetero) is 1. The molecule has 0 aromatic carbocycles. The van der Waals surface area contributed by atoms with Gasteiger partial charge in [-0.05, 0) is 53.3 Å². The molecule has 2 heteroatoms. The summed E-state index contributed by atoms with van der Waals surface area (Å²) in [7, 11) is 0. The van der Waals surface area contributed by atoms with E-state index in [0.29, 0.717) is 5.78 Å². The topological polar surface area (TPSA) is 17.1 Å². The molecule has 0 spiro atoms. The van der Waals surface area contributed by atoms with Crippen molar-refractivity contribution in [3.8, 4) is 0 Å². The van der Waals surface area contributed by atoms with E-state index in [1.165, 1.54) is 12.0 Å². The van der Waals surface area contributed by atoms with Gasteiger partial charge in [-0.1, -0.05) is 0 Å². The van der Waals surface area contributed by atoms with E-state index in [9.17, 15) is 4.79 Å². The van der Waals surface area contributed by atoms with Gasteiger partial charge in [0.1, 0.15) is 0 Å². The molecule has 1 heterocycles. The molecule has 1 saturated carbocycles. The van der Waals surface area contributed by atoms with Crippen molar-refractivity contribution in [2.75, 3.05) is 0 Å². The fraction of sp³-hybridized carbons (Fsp3) is 0.364. The molecule has 0 amide bonds. The molecule has 0 saturated heterocycles. The predicted molar refractivity (Wildman–Crippen MR) is 55.8 cm³/mol. The Balaban J connectivity index is 2.19. The quantitative estimate of drug-likeness (QED) is 0.624. The van der Waals surface area contributed by atoms with E-state index in [1.807, 2.05) is 11.5 Å². The first-order chi connectivity index (χ1) is 6.36. The van der Waals surface area contributed by atoms with Crippen molar-refractivity contribution < 1.29 is 4.79 Å². The molecule has 0 bridgehead atoms. The number of hydrogen-bond donors (Lipinski definition) is 0. The highest BCUT2D eigenvalue weighted by Crippen LogP contribution is 2.22. The molecule has 0 radical (unpaired) electrons. The minimum Gasteiger partial charge on any atom is -0.295 e. The van der Waals surface area contributed by atoms with Crippen LogP contribution in [0.2, 0.25) is 0 Å². The van der Waals surface area contributed by atoms with Crippen LogP contribution in [0.15, 0.2) is 22.4 Å². The van der Waals surface area contributed by atoms with Gasteiger partial charge in [-0.2, -0.15) is 11.3 Å². The highest BCUT2D eigenvalue weighted by molar-refractivity contribution is 7.08. The molecule has 1 aromatic heterocycles. The molecule has 1 aromatic rings. The highest BCUT2D eigenvalue weighted by atomic mass is 32.1. The summed E-state index contributed by atoms with van der Waals surface area (Å²) in [5.74, 6) is 0.345. The number of rotatable bonds is 1. The first-order valence-corrected chi connectivity index (χ1v) is 5.56. The predicted octanol–water partition coefficient (Wildman–Crippen LogP) is 3.27. The summed E-state index contributed by atoms with van der Waals surface area (Å²) in [5, 5.41) is 4.12. The van der Waals surface area contributed by atoms with Crippen molar-refractivity contribution in [2.24, 2.45) is 0 Å².